The minimum Gasteiger partial charge on any atom is -0.383 e. The quantitative estimate of drug-likeness (QED) is 0.486. The van der Waals surface area contributed by atoms with E-state index in [1.165, 1.54) is 0 Å². The largest absolute Gasteiger partial charge is 0.383 e. The Kier molecular flexibility index (Phi) is 4.54. The van der Waals surface area contributed by atoms with Crippen LogP contribution in [-0.2, 0) is 0 Å². The summed E-state index contributed by atoms with van der Waals surface area (Å²) in [7, 11) is 0. The van der Waals surface area contributed by atoms with Crippen LogP contribution in [0.15, 0.2) is 35.6 Å². The second-order valence-electron chi connectivity index (χ2n) is 2.70. The predicted molar refractivity (Wildman–Crippen MR) is 59.9 cm³/mol. The molecule has 1 aromatic rings. The van der Waals surface area contributed by atoms with Crippen molar-refractivity contribution in [3.05, 3.63) is 35.6 Å². The molecule has 70 valence electrons. The van der Waals surface area contributed by atoms with Crippen molar-refractivity contribution in [2.75, 3.05) is 11.9 Å². The summed E-state index contributed by atoms with van der Waals surface area (Å²) in [5, 5.41) is 3.29. The lowest BCUT2D eigenvalue weighted by atomic mass is 10.3. The standard InChI is InChI=1S/C10H13BrN2/c1-2-3-4-7-12-9-6-5-8-13-10(9)11/h2,5-6,8,12H,1,3-4,7H2. The summed E-state index contributed by atoms with van der Waals surface area (Å²) in [6.07, 6.45) is 5.84. The van der Waals surface area contributed by atoms with Crippen molar-refractivity contribution in [2.24, 2.45) is 0 Å². The zero-order valence-electron chi connectivity index (χ0n) is 7.46. The molecule has 0 spiro atoms. The Hall–Kier alpha value is -0.830. The smallest absolute Gasteiger partial charge is 0.129 e. The number of nitrogens with zero attached hydrogens (tertiary/aromatic N) is 1. The van der Waals surface area contributed by atoms with E-state index in [-0.39, 0.29) is 0 Å². The SMILES string of the molecule is C=CCCCNc1cccnc1Br. The van der Waals surface area contributed by atoms with E-state index in [0.717, 1.165) is 29.7 Å². The van der Waals surface area contributed by atoms with Gasteiger partial charge in [-0.3, -0.25) is 0 Å². The molecule has 0 radical (unpaired) electrons. The van der Waals surface area contributed by atoms with Gasteiger partial charge < -0.3 is 5.32 Å². The lowest BCUT2D eigenvalue weighted by molar-refractivity contribution is 0.889. The Morgan fingerprint density at radius 1 is 1.62 bits per heavy atom. The molecule has 0 unspecified atom stereocenters. The zero-order chi connectivity index (χ0) is 9.52. The highest BCUT2D eigenvalue weighted by Crippen LogP contribution is 2.17. The summed E-state index contributed by atoms with van der Waals surface area (Å²) in [5.41, 5.74) is 1.05. The number of hydrogen-bond acceptors (Lipinski definition) is 2. The third-order valence-electron chi connectivity index (χ3n) is 1.66. The summed E-state index contributed by atoms with van der Waals surface area (Å²) in [4.78, 5) is 4.11. The Balaban J connectivity index is 2.36. The van der Waals surface area contributed by atoms with Gasteiger partial charge in [-0.05, 0) is 40.9 Å². The summed E-state index contributed by atoms with van der Waals surface area (Å²) in [6, 6.07) is 3.92. The van der Waals surface area contributed by atoms with Gasteiger partial charge in [0.25, 0.3) is 0 Å². The van der Waals surface area contributed by atoms with E-state index in [0.29, 0.717) is 0 Å². The normalized spacial score (nSPS) is 9.62. The Labute approximate surface area is 87.2 Å². The second-order valence-corrected chi connectivity index (χ2v) is 3.45. The number of anilines is 1. The molecule has 2 nitrogen and oxygen atoms in total. The molecule has 0 aliphatic heterocycles. The topological polar surface area (TPSA) is 24.9 Å². The first-order chi connectivity index (χ1) is 6.34. The highest BCUT2D eigenvalue weighted by molar-refractivity contribution is 9.10. The molecule has 0 aliphatic carbocycles. The van der Waals surface area contributed by atoms with E-state index in [1.54, 1.807) is 6.20 Å². The predicted octanol–water partition coefficient (Wildman–Crippen LogP) is 3.22. The number of hydrogen-bond donors (Lipinski definition) is 1. The van der Waals surface area contributed by atoms with Crippen molar-refractivity contribution < 1.29 is 0 Å². The molecule has 0 amide bonds. The van der Waals surface area contributed by atoms with Crippen LogP contribution in [0.1, 0.15) is 12.8 Å². The van der Waals surface area contributed by atoms with Crippen LogP contribution >= 0.6 is 15.9 Å². The van der Waals surface area contributed by atoms with Crippen molar-refractivity contribution in [1.82, 2.24) is 4.98 Å². The lowest BCUT2D eigenvalue weighted by Gasteiger charge is -2.05. The van der Waals surface area contributed by atoms with Gasteiger partial charge in [0.1, 0.15) is 4.60 Å². The number of pyridine rings is 1. The minimum atomic E-state index is 0.869. The van der Waals surface area contributed by atoms with Crippen molar-refractivity contribution in [3.8, 4) is 0 Å². The molecular formula is C10H13BrN2. The molecule has 1 rings (SSSR count). The van der Waals surface area contributed by atoms with E-state index in [4.69, 9.17) is 0 Å². The van der Waals surface area contributed by atoms with Crippen LogP contribution < -0.4 is 5.32 Å². The van der Waals surface area contributed by atoms with Gasteiger partial charge in [0.05, 0.1) is 5.69 Å². The maximum atomic E-state index is 4.11. The maximum Gasteiger partial charge on any atom is 0.129 e. The first-order valence-corrected chi connectivity index (χ1v) is 5.09. The van der Waals surface area contributed by atoms with Crippen LogP contribution in [-0.4, -0.2) is 11.5 Å². The molecule has 0 saturated heterocycles. The van der Waals surface area contributed by atoms with Gasteiger partial charge in [0, 0.05) is 12.7 Å². The molecule has 0 fully saturated rings. The molecule has 1 N–H and O–H groups in total. The number of allylic oxidation sites excluding steroid dienone is 1. The van der Waals surface area contributed by atoms with E-state index in [2.05, 4.69) is 32.8 Å². The molecule has 0 atom stereocenters. The Bertz CT molecular complexity index is 273. The van der Waals surface area contributed by atoms with Gasteiger partial charge >= 0.3 is 0 Å². The zero-order valence-corrected chi connectivity index (χ0v) is 9.05. The first-order valence-electron chi connectivity index (χ1n) is 4.30. The van der Waals surface area contributed by atoms with Crippen LogP contribution in [0.2, 0.25) is 0 Å². The average molecular weight is 241 g/mol. The van der Waals surface area contributed by atoms with E-state index < -0.39 is 0 Å². The molecule has 3 heteroatoms. The fourth-order valence-corrected chi connectivity index (χ4v) is 1.38. The molecule has 1 heterocycles. The summed E-state index contributed by atoms with van der Waals surface area (Å²) in [5.74, 6) is 0. The van der Waals surface area contributed by atoms with Crippen LogP contribution in [0.3, 0.4) is 0 Å². The molecule has 0 saturated carbocycles. The monoisotopic (exact) mass is 240 g/mol. The molecule has 0 aromatic carbocycles. The molecule has 1 aromatic heterocycles. The molecule has 13 heavy (non-hydrogen) atoms. The number of halogens is 1. The molecule has 0 aliphatic rings. The maximum absolute atomic E-state index is 4.11. The number of unbranched alkanes of at least 4 members (excludes halogenated alkanes) is 1. The lowest BCUT2D eigenvalue weighted by Crippen LogP contribution is -2.01. The highest BCUT2D eigenvalue weighted by atomic mass is 79.9. The first kappa shape index (κ1) is 10.3. The van der Waals surface area contributed by atoms with Crippen molar-refractivity contribution in [3.63, 3.8) is 0 Å². The number of nitrogens with one attached hydrogen (secondary N) is 1. The van der Waals surface area contributed by atoms with Gasteiger partial charge in [-0.25, -0.2) is 4.98 Å². The fraction of sp³-hybridized carbons (Fsp3) is 0.300. The Morgan fingerprint density at radius 2 is 2.46 bits per heavy atom. The van der Waals surface area contributed by atoms with Gasteiger partial charge in [0.2, 0.25) is 0 Å². The summed E-state index contributed by atoms with van der Waals surface area (Å²) in [6.45, 7) is 4.63. The summed E-state index contributed by atoms with van der Waals surface area (Å²) >= 11 is 3.37. The van der Waals surface area contributed by atoms with Crippen LogP contribution in [0.25, 0.3) is 0 Å². The van der Waals surface area contributed by atoms with Gasteiger partial charge in [-0.2, -0.15) is 0 Å². The van der Waals surface area contributed by atoms with Gasteiger partial charge in [-0.15, -0.1) is 6.58 Å². The highest BCUT2D eigenvalue weighted by Gasteiger charge is 1.96. The van der Waals surface area contributed by atoms with Crippen LogP contribution in [0, 0.1) is 0 Å². The van der Waals surface area contributed by atoms with Crippen molar-refractivity contribution in [2.45, 2.75) is 12.8 Å². The molecule has 0 bridgehead atoms. The third-order valence-corrected chi connectivity index (χ3v) is 2.29. The van der Waals surface area contributed by atoms with E-state index in [1.807, 2.05) is 18.2 Å². The van der Waals surface area contributed by atoms with Crippen molar-refractivity contribution >= 4 is 21.6 Å². The van der Waals surface area contributed by atoms with Gasteiger partial charge in [0.15, 0.2) is 0 Å². The van der Waals surface area contributed by atoms with E-state index >= 15 is 0 Å². The van der Waals surface area contributed by atoms with Crippen LogP contribution in [0.4, 0.5) is 5.69 Å². The minimum absolute atomic E-state index is 0.869. The summed E-state index contributed by atoms with van der Waals surface area (Å²) < 4.78 is 0.869. The van der Waals surface area contributed by atoms with Gasteiger partial charge in [-0.1, -0.05) is 6.08 Å². The van der Waals surface area contributed by atoms with Crippen LogP contribution in [0.5, 0.6) is 0 Å². The number of rotatable bonds is 5. The van der Waals surface area contributed by atoms with Crippen molar-refractivity contribution in [1.29, 1.82) is 0 Å². The second kappa shape index (κ2) is 5.75. The Morgan fingerprint density at radius 3 is 3.15 bits per heavy atom. The fourth-order valence-electron chi connectivity index (χ4n) is 0.987. The third kappa shape index (κ3) is 3.59. The number of aromatic nitrogens is 1. The van der Waals surface area contributed by atoms with E-state index in [9.17, 15) is 0 Å². The average Bonchev–Trinajstić information content (AvgIpc) is 2.15. The molecular weight excluding hydrogens is 228 g/mol.